The van der Waals surface area contributed by atoms with Crippen LogP contribution in [0.4, 0.5) is 13.2 Å². The van der Waals surface area contributed by atoms with Crippen molar-refractivity contribution in [2.24, 2.45) is 5.73 Å². The number of nitrogens with one attached hydrogen (secondary N) is 1. The number of hydrogen-bond donors (Lipinski definition) is 3. The van der Waals surface area contributed by atoms with Gasteiger partial charge < -0.3 is 20.9 Å². The minimum absolute atomic E-state index is 0.0942. The van der Waals surface area contributed by atoms with Crippen LogP contribution in [0.3, 0.4) is 0 Å². The van der Waals surface area contributed by atoms with E-state index in [-0.39, 0.29) is 5.75 Å². The number of amides is 1. The highest BCUT2D eigenvalue weighted by Crippen LogP contribution is 2.32. The molecule has 1 aliphatic carbocycles. The molecule has 25 heavy (non-hydrogen) atoms. The lowest BCUT2D eigenvalue weighted by atomic mass is 10.0. The highest BCUT2D eigenvalue weighted by atomic mass is 19.4. The minimum atomic E-state index is -4.43. The molecular weight excluding hydrogens is 337 g/mol. The summed E-state index contributed by atoms with van der Waals surface area (Å²) in [5, 5.41) is 11.7. The largest absolute Gasteiger partial charge is 0.462 e. The average Bonchev–Trinajstić information content (AvgIpc) is 2.56. The number of alkyl halides is 3. The molecule has 1 atom stereocenters. The van der Waals surface area contributed by atoms with Gasteiger partial charge in [0.1, 0.15) is 17.0 Å². The maximum atomic E-state index is 12.7. The number of aliphatic hydroxyl groups is 1. The summed E-state index contributed by atoms with van der Waals surface area (Å²) < 4.78 is 43.6. The average molecular weight is 356 g/mol. The van der Waals surface area contributed by atoms with Crippen LogP contribution in [0.25, 0.3) is 0 Å². The van der Waals surface area contributed by atoms with Gasteiger partial charge in [0.2, 0.25) is 5.91 Å². The molecule has 0 aromatic heterocycles. The van der Waals surface area contributed by atoms with E-state index in [2.05, 4.69) is 5.32 Å². The van der Waals surface area contributed by atoms with E-state index in [1.165, 1.54) is 19.1 Å². The predicted molar refractivity (Wildman–Crippen MR) is 85.3 cm³/mol. The van der Waals surface area contributed by atoms with Crippen LogP contribution < -0.4 is 15.8 Å². The Bertz CT molecular complexity index is 709. The maximum Gasteiger partial charge on any atom is 0.416 e. The summed E-state index contributed by atoms with van der Waals surface area (Å²) in [6.45, 7) is 0.912. The number of nitrogens with two attached hydrogens (primary N) is 1. The molecule has 1 aromatic carbocycles. The molecule has 0 bridgehead atoms. The zero-order valence-corrected chi connectivity index (χ0v) is 13.6. The van der Waals surface area contributed by atoms with Gasteiger partial charge in [0.25, 0.3) is 0 Å². The van der Waals surface area contributed by atoms with Crippen LogP contribution in [-0.4, -0.2) is 23.2 Å². The monoisotopic (exact) mass is 356 g/mol. The van der Waals surface area contributed by atoms with Crippen LogP contribution in [0, 0.1) is 0 Å². The first-order valence-corrected chi connectivity index (χ1v) is 7.58. The Morgan fingerprint density at radius 2 is 2.04 bits per heavy atom. The first kappa shape index (κ1) is 19.0. The molecule has 0 saturated carbocycles. The quantitative estimate of drug-likeness (QED) is 0.757. The van der Waals surface area contributed by atoms with Crippen LogP contribution in [0.1, 0.15) is 25.3 Å². The first-order chi connectivity index (χ1) is 11.6. The van der Waals surface area contributed by atoms with E-state index >= 15 is 0 Å². The number of carbonyl (C=O) groups excluding carboxylic acids is 1. The van der Waals surface area contributed by atoms with Crippen LogP contribution >= 0.6 is 0 Å². The summed E-state index contributed by atoms with van der Waals surface area (Å²) in [4.78, 5) is 11.9. The van der Waals surface area contributed by atoms with Crippen molar-refractivity contribution in [1.82, 2.24) is 5.32 Å². The van der Waals surface area contributed by atoms with E-state index in [9.17, 15) is 18.0 Å². The van der Waals surface area contributed by atoms with Crippen LogP contribution in [0.2, 0.25) is 0 Å². The lowest BCUT2D eigenvalue weighted by Crippen LogP contribution is -2.54. The Morgan fingerprint density at radius 1 is 1.32 bits per heavy atom. The number of halogens is 3. The Kier molecular flexibility index (Phi) is 5.54. The number of rotatable bonds is 5. The molecule has 0 fully saturated rings. The van der Waals surface area contributed by atoms with Crippen molar-refractivity contribution in [3.05, 3.63) is 53.4 Å². The summed E-state index contributed by atoms with van der Waals surface area (Å²) in [6.07, 6.45) is -0.427. The minimum Gasteiger partial charge on any atom is -0.462 e. The summed E-state index contributed by atoms with van der Waals surface area (Å²) in [6, 6.07) is 4.63. The third-order valence-electron chi connectivity index (χ3n) is 3.64. The molecule has 0 radical (unpaired) electrons. The summed E-state index contributed by atoms with van der Waals surface area (Å²) in [5.74, 6) is 0.0589. The summed E-state index contributed by atoms with van der Waals surface area (Å²) >= 11 is 0. The van der Waals surface area contributed by atoms with Gasteiger partial charge in [-0.1, -0.05) is 6.07 Å². The van der Waals surface area contributed by atoms with Gasteiger partial charge in [-0.3, -0.25) is 4.79 Å². The molecule has 0 saturated heterocycles. The van der Waals surface area contributed by atoms with Crippen molar-refractivity contribution in [3.63, 3.8) is 0 Å². The Labute approximate surface area is 143 Å². The number of allylic oxidation sites excluding steroid dienone is 4. The molecule has 0 aliphatic heterocycles. The Hall–Kier alpha value is -2.32. The fourth-order valence-corrected chi connectivity index (χ4v) is 2.05. The van der Waals surface area contributed by atoms with Gasteiger partial charge in [0, 0.05) is 12.1 Å². The fourth-order valence-electron chi connectivity index (χ4n) is 2.05. The van der Waals surface area contributed by atoms with Gasteiger partial charge in [-0.15, -0.1) is 0 Å². The second-order valence-corrected chi connectivity index (χ2v) is 5.98. The second-order valence-electron chi connectivity index (χ2n) is 5.98. The van der Waals surface area contributed by atoms with Gasteiger partial charge >= 0.3 is 6.18 Å². The van der Waals surface area contributed by atoms with Crippen molar-refractivity contribution in [1.29, 1.82) is 0 Å². The number of ether oxygens (including phenoxy) is 1. The molecule has 136 valence electrons. The van der Waals surface area contributed by atoms with Crippen LogP contribution in [-0.2, 0) is 11.0 Å². The Morgan fingerprint density at radius 3 is 2.60 bits per heavy atom. The lowest BCUT2D eigenvalue weighted by Gasteiger charge is -2.23. The normalized spacial score (nSPS) is 17.2. The molecule has 8 heteroatoms. The third kappa shape index (κ3) is 5.07. The van der Waals surface area contributed by atoms with Gasteiger partial charge in [-0.2, -0.15) is 13.2 Å². The van der Waals surface area contributed by atoms with E-state index in [0.29, 0.717) is 24.3 Å². The molecule has 0 heterocycles. The second kappa shape index (κ2) is 7.28. The molecular formula is C17H19F3N2O3. The van der Waals surface area contributed by atoms with Gasteiger partial charge in [-0.25, -0.2) is 0 Å². The molecule has 1 aromatic rings. The smallest absolute Gasteiger partial charge is 0.416 e. The van der Waals surface area contributed by atoms with Crippen molar-refractivity contribution < 1.29 is 27.8 Å². The van der Waals surface area contributed by atoms with Gasteiger partial charge in [-0.05, 0) is 43.7 Å². The van der Waals surface area contributed by atoms with E-state index in [0.717, 1.165) is 12.1 Å². The van der Waals surface area contributed by atoms with Crippen molar-refractivity contribution in [2.45, 2.75) is 31.5 Å². The summed E-state index contributed by atoms with van der Waals surface area (Å²) in [7, 11) is 0. The van der Waals surface area contributed by atoms with Crippen molar-refractivity contribution >= 4 is 5.91 Å². The molecule has 5 nitrogen and oxygen atoms in total. The Balaban J connectivity index is 2.03. The highest BCUT2D eigenvalue weighted by molar-refractivity contribution is 5.87. The predicted octanol–water partition coefficient (Wildman–Crippen LogP) is 2.47. The summed E-state index contributed by atoms with van der Waals surface area (Å²) in [5.41, 5.74) is 4.05. The highest BCUT2D eigenvalue weighted by Gasteiger charge is 2.31. The maximum absolute atomic E-state index is 12.7. The van der Waals surface area contributed by atoms with Crippen molar-refractivity contribution in [3.8, 4) is 5.75 Å². The first-order valence-electron chi connectivity index (χ1n) is 7.58. The number of aliphatic hydroxyl groups excluding tert-OH is 1. The SMILES string of the molecule is C[C@](N)(CO)C(=O)NC1=CC=C(Oc2cccc(C(F)(F)F)c2)CC1. The zero-order valence-electron chi connectivity index (χ0n) is 13.6. The van der Waals surface area contributed by atoms with Crippen LogP contribution in [0.15, 0.2) is 47.9 Å². The van der Waals surface area contributed by atoms with E-state index in [1.54, 1.807) is 12.2 Å². The van der Waals surface area contributed by atoms with E-state index in [1.807, 2.05) is 0 Å². The molecule has 1 amide bonds. The third-order valence-corrected chi connectivity index (χ3v) is 3.64. The van der Waals surface area contributed by atoms with Crippen LogP contribution in [0.5, 0.6) is 5.75 Å². The number of hydrogen-bond acceptors (Lipinski definition) is 4. The zero-order chi connectivity index (χ0) is 18.7. The molecule has 4 N–H and O–H groups in total. The topological polar surface area (TPSA) is 84.6 Å². The van der Waals surface area contributed by atoms with Gasteiger partial charge in [0.15, 0.2) is 0 Å². The lowest BCUT2D eigenvalue weighted by molar-refractivity contribution is -0.137. The van der Waals surface area contributed by atoms with E-state index < -0.39 is 29.8 Å². The fraction of sp³-hybridized carbons (Fsp3) is 0.353. The molecule has 2 rings (SSSR count). The molecule has 0 unspecified atom stereocenters. The number of carbonyl (C=O) groups is 1. The number of benzene rings is 1. The van der Waals surface area contributed by atoms with Gasteiger partial charge in [0.05, 0.1) is 12.2 Å². The van der Waals surface area contributed by atoms with Crippen molar-refractivity contribution in [2.75, 3.05) is 6.61 Å². The van der Waals surface area contributed by atoms with E-state index in [4.69, 9.17) is 15.6 Å². The standard InChI is InChI=1S/C17H19F3N2O3/c1-16(21,10-23)15(24)22-12-5-7-13(8-6-12)25-14-4-2-3-11(9-14)17(18,19)20/h2-5,7,9,23H,6,8,10,21H2,1H3,(H,22,24)/t16-/m0/s1. The molecule has 1 aliphatic rings. The molecule has 0 spiro atoms.